The first-order chi connectivity index (χ1) is 11.2. The summed E-state index contributed by atoms with van der Waals surface area (Å²) < 4.78 is 7.16. The molecule has 6 heteroatoms. The molecule has 2 aromatic heterocycles. The molecule has 1 aliphatic rings. The van der Waals surface area contributed by atoms with Crippen molar-refractivity contribution < 1.29 is 9.32 Å². The highest BCUT2D eigenvalue weighted by atomic mass is 16.5. The number of carbonyl (C=O) groups is 1. The van der Waals surface area contributed by atoms with Crippen LogP contribution in [0.5, 0.6) is 0 Å². The Morgan fingerprint density at radius 1 is 1.35 bits per heavy atom. The zero-order valence-corrected chi connectivity index (χ0v) is 12.9. The predicted molar refractivity (Wildman–Crippen MR) is 87.5 cm³/mol. The van der Waals surface area contributed by atoms with Crippen molar-refractivity contribution in [3.8, 4) is 0 Å². The second-order valence-corrected chi connectivity index (χ2v) is 5.86. The maximum Gasteiger partial charge on any atom is 0.267 e. The number of nitrogens with zero attached hydrogens (tertiary/aromatic N) is 2. The molecule has 0 saturated heterocycles. The van der Waals surface area contributed by atoms with Crippen molar-refractivity contribution in [1.29, 1.82) is 0 Å². The second-order valence-electron chi connectivity index (χ2n) is 5.86. The number of amides is 1. The fourth-order valence-corrected chi connectivity index (χ4v) is 3.01. The van der Waals surface area contributed by atoms with Crippen LogP contribution in [0.4, 0.5) is 5.82 Å². The van der Waals surface area contributed by atoms with E-state index in [1.807, 2.05) is 19.1 Å². The molecule has 118 valence electrons. The van der Waals surface area contributed by atoms with E-state index in [-0.39, 0.29) is 5.91 Å². The van der Waals surface area contributed by atoms with Crippen LogP contribution in [0.2, 0.25) is 0 Å². The van der Waals surface area contributed by atoms with Crippen LogP contribution in [0, 0.1) is 6.92 Å². The number of hydrogen-bond acceptors (Lipinski definition) is 4. The van der Waals surface area contributed by atoms with E-state index >= 15 is 0 Å². The number of fused-ring (bicyclic) bond motifs is 3. The van der Waals surface area contributed by atoms with Gasteiger partial charge in [-0.25, -0.2) is 0 Å². The van der Waals surface area contributed by atoms with Crippen LogP contribution in [0.15, 0.2) is 34.9 Å². The molecule has 0 spiro atoms. The zero-order chi connectivity index (χ0) is 15.8. The quantitative estimate of drug-likeness (QED) is 0.780. The number of benzene rings is 1. The third-order valence-electron chi connectivity index (χ3n) is 4.15. The Bertz CT molecular complexity index is 878. The summed E-state index contributed by atoms with van der Waals surface area (Å²) in [5.74, 6) is 1.53. The van der Waals surface area contributed by atoms with E-state index in [0.29, 0.717) is 6.54 Å². The summed E-state index contributed by atoms with van der Waals surface area (Å²) in [6, 6.07) is 10.1. The zero-order valence-electron chi connectivity index (χ0n) is 12.9. The maximum atomic E-state index is 12.1. The molecule has 0 bridgehead atoms. The average molecular weight is 310 g/mol. The molecule has 2 N–H and O–H groups in total. The molecule has 0 aliphatic carbocycles. The van der Waals surface area contributed by atoms with Gasteiger partial charge in [0.05, 0.1) is 0 Å². The minimum atomic E-state index is 0.0106. The van der Waals surface area contributed by atoms with E-state index in [1.54, 1.807) is 0 Å². The van der Waals surface area contributed by atoms with Gasteiger partial charge >= 0.3 is 0 Å². The summed E-state index contributed by atoms with van der Waals surface area (Å²) in [6.07, 6.45) is 0.948. The number of anilines is 1. The molecule has 0 radical (unpaired) electrons. The first-order valence-corrected chi connectivity index (χ1v) is 7.78. The summed E-state index contributed by atoms with van der Waals surface area (Å²) in [5.41, 5.74) is 2.99. The van der Waals surface area contributed by atoms with Gasteiger partial charge < -0.3 is 19.7 Å². The van der Waals surface area contributed by atoms with Gasteiger partial charge in [0.15, 0.2) is 5.82 Å². The van der Waals surface area contributed by atoms with E-state index in [1.165, 1.54) is 0 Å². The highest BCUT2D eigenvalue weighted by molar-refractivity contribution is 5.99. The van der Waals surface area contributed by atoms with Gasteiger partial charge in [0.2, 0.25) is 0 Å². The van der Waals surface area contributed by atoms with E-state index < -0.39 is 0 Å². The lowest BCUT2D eigenvalue weighted by Gasteiger charge is -2.07. The lowest BCUT2D eigenvalue weighted by Crippen LogP contribution is -2.22. The molecule has 0 unspecified atom stereocenters. The Labute approximate surface area is 133 Å². The number of aryl methyl sites for hydroxylation is 2. The smallest absolute Gasteiger partial charge is 0.267 e. The van der Waals surface area contributed by atoms with Gasteiger partial charge in [-0.2, -0.15) is 0 Å². The molecule has 1 aromatic carbocycles. The Balaban J connectivity index is 1.64. The van der Waals surface area contributed by atoms with Crippen molar-refractivity contribution >= 4 is 22.6 Å². The van der Waals surface area contributed by atoms with Crippen molar-refractivity contribution in [1.82, 2.24) is 15.0 Å². The Hall–Kier alpha value is -2.76. The van der Waals surface area contributed by atoms with Gasteiger partial charge in [-0.15, -0.1) is 0 Å². The van der Waals surface area contributed by atoms with Gasteiger partial charge in [0.1, 0.15) is 11.5 Å². The minimum Gasteiger partial charge on any atom is -0.363 e. The maximum absolute atomic E-state index is 12.1. The summed E-state index contributed by atoms with van der Waals surface area (Å²) >= 11 is 0. The normalized spacial score (nSPS) is 14.4. The third-order valence-corrected chi connectivity index (χ3v) is 4.15. The lowest BCUT2D eigenvalue weighted by molar-refractivity contribution is 0.0951. The topological polar surface area (TPSA) is 72.1 Å². The lowest BCUT2D eigenvalue weighted by atomic mass is 10.1. The van der Waals surface area contributed by atoms with Crippen molar-refractivity contribution in [2.75, 3.05) is 11.9 Å². The van der Waals surface area contributed by atoms with E-state index in [9.17, 15) is 4.79 Å². The molecule has 0 fully saturated rings. The second kappa shape index (κ2) is 5.46. The van der Waals surface area contributed by atoms with Gasteiger partial charge in [-0.05, 0) is 31.0 Å². The van der Waals surface area contributed by atoms with Crippen LogP contribution in [0.25, 0.3) is 10.9 Å². The molecule has 1 amide bonds. The summed E-state index contributed by atoms with van der Waals surface area (Å²) in [7, 11) is 0. The van der Waals surface area contributed by atoms with Crippen LogP contribution in [-0.4, -0.2) is 22.2 Å². The van der Waals surface area contributed by atoms with Gasteiger partial charge in [0, 0.05) is 36.6 Å². The van der Waals surface area contributed by atoms with Crippen LogP contribution in [0.3, 0.4) is 0 Å². The number of nitrogens with one attached hydrogen (secondary N) is 2. The fourth-order valence-electron chi connectivity index (χ4n) is 3.01. The van der Waals surface area contributed by atoms with Crippen molar-refractivity contribution in [3.05, 3.63) is 47.3 Å². The molecule has 23 heavy (non-hydrogen) atoms. The predicted octanol–water partition coefficient (Wildman–Crippen LogP) is 2.68. The highest BCUT2D eigenvalue weighted by Gasteiger charge is 2.18. The number of aromatic nitrogens is 2. The standard InChI is InChI=1S/C17H18N4O2/c1-11-7-16(20-23-11)19-10-12-3-4-13-9-15-17(22)18-5-2-6-21(15)14(13)8-12/h3-4,7-9H,2,5-6,10H2,1H3,(H,18,22)(H,19,20). The van der Waals surface area contributed by atoms with Crippen LogP contribution >= 0.6 is 0 Å². The highest BCUT2D eigenvalue weighted by Crippen LogP contribution is 2.23. The number of hydrogen-bond donors (Lipinski definition) is 2. The molecular weight excluding hydrogens is 292 g/mol. The summed E-state index contributed by atoms with van der Waals surface area (Å²) in [5, 5.41) is 11.2. The SMILES string of the molecule is Cc1cc(NCc2ccc3cc4n(c3c2)CCCNC4=O)no1. The summed E-state index contributed by atoms with van der Waals surface area (Å²) in [6.45, 7) is 4.12. The van der Waals surface area contributed by atoms with E-state index in [0.717, 1.165) is 53.2 Å². The minimum absolute atomic E-state index is 0.0106. The summed E-state index contributed by atoms with van der Waals surface area (Å²) in [4.78, 5) is 12.1. The van der Waals surface area contributed by atoms with Gasteiger partial charge in [-0.3, -0.25) is 4.79 Å². The Morgan fingerprint density at radius 3 is 3.09 bits per heavy atom. The van der Waals surface area contributed by atoms with Crippen LogP contribution < -0.4 is 10.6 Å². The Morgan fingerprint density at radius 2 is 2.26 bits per heavy atom. The van der Waals surface area contributed by atoms with E-state index in [4.69, 9.17) is 4.52 Å². The van der Waals surface area contributed by atoms with Crippen LogP contribution in [-0.2, 0) is 13.1 Å². The molecule has 0 atom stereocenters. The number of rotatable bonds is 3. The molecule has 1 aliphatic heterocycles. The molecule has 0 saturated carbocycles. The monoisotopic (exact) mass is 310 g/mol. The fraction of sp³-hybridized carbons (Fsp3) is 0.294. The van der Waals surface area contributed by atoms with Gasteiger partial charge in [-0.1, -0.05) is 17.3 Å². The number of carbonyl (C=O) groups excluding carboxylic acids is 1. The largest absolute Gasteiger partial charge is 0.363 e. The molecule has 3 heterocycles. The van der Waals surface area contributed by atoms with Crippen molar-refractivity contribution in [3.63, 3.8) is 0 Å². The van der Waals surface area contributed by atoms with Gasteiger partial charge in [0.25, 0.3) is 5.91 Å². The van der Waals surface area contributed by atoms with Crippen molar-refractivity contribution in [2.24, 2.45) is 0 Å². The molecular formula is C17H18N4O2. The first-order valence-electron chi connectivity index (χ1n) is 7.78. The third kappa shape index (κ3) is 2.56. The van der Waals surface area contributed by atoms with Crippen molar-refractivity contribution in [2.45, 2.75) is 26.4 Å². The average Bonchev–Trinajstić information content (AvgIpc) is 3.07. The first kappa shape index (κ1) is 13.9. The molecule has 3 aromatic rings. The van der Waals surface area contributed by atoms with E-state index in [2.05, 4.69) is 38.6 Å². The molecule has 4 rings (SSSR count). The Kier molecular flexibility index (Phi) is 3.29. The van der Waals surface area contributed by atoms with Crippen LogP contribution in [0.1, 0.15) is 28.2 Å². The molecule has 6 nitrogen and oxygen atoms in total.